The molecule has 0 aliphatic carbocycles. The summed E-state index contributed by atoms with van der Waals surface area (Å²) in [6.45, 7) is 0.460. The van der Waals surface area contributed by atoms with E-state index in [1.165, 1.54) is 12.1 Å². The Kier molecular flexibility index (Phi) is 3.32. The number of carbonyl (C=O) groups excluding carboxylic acids is 1. The van der Waals surface area contributed by atoms with Crippen molar-refractivity contribution < 1.29 is 9.18 Å². The van der Waals surface area contributed by atoms with Gasteiger partial charge in [-0.3, -0.25) is 4.79 Å². The van der Waals surface area contributed by atoms with Crippen molar-refractivity contribution in [1.82, 2.24) is 0 Å². The highest BCUT2D eigenvalue weighted by Crippen LogP contribution is 2.37. The summed E-state index contributed by atoms with van der Waals surface area (Å²) in [6, 6.07) is 2.50. The summed E-state index contributed by atoms with van der Waals surface area (Å²) >= 11 is 6.50. The fourth-order valence-corrected chi connectivity index (χ4v) is 3.30. The van der Waals surface area contributed by atoms with Gasteiger partial charge in [-0.05, 0) is 44.0 Å². The maximum atomic E-state index is 13.1. The number of nitrogens with zero attached hydrogens (tertiary/aromatic N) is 1. The number of rotatable bonds is 1. The van der Waals surface area contributed by atoms with Crippen molar-refractivity contribution in [2.45, 2.75) is 12.5 Å². The van der Waals surface area contributed by atoms with E-state index in [0.717, 1.165) is 0 Å². The Morgan fingerprint density at radius 1 is 1.38 bits per heavy atom. The smallest absolute Gasteiger partial charge is 0.228 e. The van der Waals surface area contributed by atoms with Crippen molar-refractivity contribution in [3.05, 3.63) is 26.9 Å². The molecule has 1 heterocycles. The van der Waals surface area contributed by atoms with Crippen molar-refractivity contribution in [2.75, 3.05) is 11.4 Å². The van der Waals surface area contributed by atoms with Crippen LogP contribution in [0.4, 0.5) is 10.1 Å². The predicted molar refractivity (Wildman–Crippen MR) is 66.7 cm³/mol. The molecule has 2 N–H and O–H groups in total. The molecule has 86 valence electrons. The molecule has 0 saturated carbocycles. The van der Waals surface area contributed by atoms with Gasteiger partial charge in [-0.1, -0.05) is 0 Å². The summed E-state index contributed by atoms with van der Waals surface area (Å²) in [5.74, 6) is -0.404. The van der Waals surface area contributed by atoms with Gasteiger partial charge in [0.2, 0.25) is 5.91 Å². The minimum absolute atomic E-state index is 0.0412. The van der Waals surface area contributed by atoms with Crippen LogP contribution in [0.1, 0.15) is 6.42 Å². The van der Waals surface area contributed by atoms with Gasteiger partial charge in [-0.2, -0.15) is 0 Å². The van der Waals surface area contributed by atoms with Crippen LogP contribution in [0.15, 0.2) is 21.1 Å². The Hall–Kier alpha value is -0.460. The normalized spacial score (nSPS) is 20.6. The van der Waals surface area contributed by atoms with E-state index in [1.807, 2.05) is 0 Å². The Morgan fingerprint density at radius 3 is 2.38 bits per heavy atom. The van der Waals surface area contributed by atoms with Gasteiger partial charge in [0.1, 0.15) is 5.82 Å². The largest absolute Gasteiger partial charge is 0.326 e. The van der Waals surface area contributed by atoms with Crippen molar-refractivity contribution in [3.8, 4) is 0 Å². The number of carbonyl (C=O) groups is 1. The molecule has 1 aliphatic rings. The fourth-order valence-electron chi connectivity index (χ4n) is 1.74. The lowest BCUT2D eigenvalue weighted by Crippen LogP contribution is -2.28. The molecule has 6 heteroatoms. The predicted octanol–water partition coefficient (Wildman–Crippen LogP) is 2.41. The minimum Gasteiger partial charge on any atom is -0.326 e. The molecule has 16 heavy (non-hydrogen) atoms. The summed E-state index contributed by atoms with van der Waals surface area (Å²) in [4.78, 5) is 13.3. The molecule has 1 aromatic carbocycles. The topological polar surface area (TPSA) is 46.3 Å². The average Bonchev–Trinajstić information content (AvgIpc) is 2.43. The summed E-state index contributed by atoms with van der Waals surface area (Å²) < 4.78 is 14.2. The van der Waals surface area contributed by atoms with Gasteiger partial charge in [0.05, 0.1) is 5.69 Å². The van der Waals surface area contributed by atoms with E-state index in [0.29, 0.717) is 27.6 Å². The fraction of sp³-hybridized carbons (Fsp3) is 0.300. The third-order valence-electron chi connectivity index (χ3n) is 2.41. The molecule has 1 aliphatic heterocycles. The Labute approximate surface area is 109 Å². The molecule has 2 rings (SSSR count). The molecule has 0 spiro atoms. The zero-order valence-electron chi connectivity index (χ0n) is 8.21. The lowest BCUT2D eigenvalue weighted by Gasteiger charge is -2.19. The number of hydrogen-bond donors (Lipinski definition) is 1. The van der Waals surface area contributed by atoms with Gasteiger partial charge in [-0.25, -0.2) is 4.39 Å². The van der Waals surface area contributed by atoms with Crippen LogP contribution in [0.25, 0.3) is 0 Å². The van der Waals surface area contributed by atoms with E-state index in [9.17, 15) is 9.18 Å². The zero-order valence-corrected chi connectivity index (χ0v) is 11.4. The number of nitrogens with two attached hydrogens (primary N) is 1. The van der Waals surface area contributed by atoms with Crippen LogP contribution in [0.2, 0.25) is 0 Å². The molecule has 1 fully saturated rings. The number of benzene rings is 1. The van der Waals surface area contributed by atoms with Crippen molar-refractivity contribution >= 4 is 43.5 Å². The highest BCUT2D eigenvalue weighted by Gasteiger charge is 2.30. The van der Waals surface area contributed by atoms with Crippen LogP contribution in [0.5, 0.6) is 0 Å². The standard InChI is InChI=1S/C10H9Br2FN2O/c11-7-1-5(13)2-8(12)10(7)15-4-6(14)3-9(15)16/h1-2,6H,3-4,14H2. The van der Waals surface area contributed by atoms with E-state index in [2.05, 4.69) is 31.9 Å². The van der Waals surface area contributed by atoms with Crippen LogP contribution in [0, 0.1) is 5.82 Å². The van der Waals surface area contributed by atoms with E-state index < -0.39 is 0 Å². The first-order chi connectivity index (χ1) is 7.49. The van der Waals surface area contributed by atoms with E-state index >= 15 is 0 Å². The van der Waals surface area contributed by atoms with Crippen LogP contribution >= 0.6 is 31.9 Å². The molecule has 0 aromatic heterocycles. The van der Waals surface area contributed by atoms with Gasteiger partial charge < -0.3 is 10.6 Å². The molecule has 1 amide bonds. The van der Waals surface area contributed by atoms with Crippen molar-refractivity contribution in [3.63, 3.8) is 0 Å². The highest BCUT2D eigenvalue weighted by molar-refractivity contribution is 9.11. The first-order valence-corrected chi connectivity index (χ1v) is 6.28. The monoisotopic (exact) mass is 350 g/mol. The Morgan fingerprint density at radius 2 is 1.94 bits per heavy atom. The van der Waals surface area contributed by atoms with Crippen LogP contribution in [-0.2, 0) is 4.79 Å². The molecular formula is C10H9Br2FN2O. The van der Waals surface area contributed by atoms with Gasteiger partial charge in [0.25, 0.3) is 0 Å². The van der Waals surface area contributed by atoms with Gasteiger partial charge in [-0.15, -0.1) is 0 Å². The van der Waals surface area contributed by atoms with E-state index in [-0.39, 0.29) is 17.8 Å². The van der Waals surface area contributed by atoms with Crippen LogP contribution in [-0.4, -0.2) is 18.5 Å². The molecule has 1 aromatic rings. The number of anilines is 1. The number of amides is 1. The third kappa shape index (κ3) is 2.14. The van der Waals surface area contributed by atoms with Crippen molar-refractivity contribution in [1.29, 1.82) is 0 Å². The second kappa shape index (κ2) is 4.43. The maximum absolute atomic E-state index is 13.1. The summed E-state index contributed by atoms with van der Waals surface area (Å²) in [5, 5.41) is 0. The first kappa shape index (κ1) is 12.0. The molecule has 1 unspecified atom stereocenters. The Bertz CT molecular complexity index is 429. The molecule has 0 radical (unpaired) electrons. The van der Waals surface area contributed by atoms with Gasteiger partial charge >= 0.3 is 0 Å². The van der Waals surface area contributed by atoms with Gasteiger partial charge in [0.15, 0.2) is 0 Å². The summed E-state index contributed by atoms with van der Waals surface area (Å²) in [6.07, 6.45) is 0.330. The first-order valence-electron chi connectivity index (χ1n) is 4.69. The second-order valence-electron chi connectivity index (χ2n) is 3.69. The quantitative estimate of drug-likeness (QED) is 0.844. The summed E-state index contributed by atoms with van der Waals surface area (Å²) in [7, 11) is 0. The lowest BCUT2D eigenvalue weighted by molar-refractivity contribution is -0.117. The minimum atomic E-state index is -0.363. The molecular weight excluding hydrogens is 343 g/mol. The van der Waals surface area contributed by atoms with Gasteiger partial charge in [0, 0.05) is 28.0 Å². The van der Waals surface area contributed by atoms with Crippen LogP contribution < -0.4 is 10.6 Å². The Balaban J connectivity index is 2.44. The molecule has 0 bridgehead atoms. The molecule has 3 nitrogen and oxygen atoms in total. The highest BCUT2D eigenvalue weighted by atomic mass is 79.9. The SMILES string of the molecule is NC1CC(=O)N(c2c(Br)cc(F)cc2Br)C1. The lowest BCUT2D eigenvalue weighted by atomic mass is 10.3. The van der Waals surface area contributed by atoms with E-state index in [4.69, 9.17) is 5.73 Å². The van der Waals surface area contributed by atoms with Crippen LogP contribution in [0.3, 0.4) is 0 Å². The maximum Gasteiger partial charge on any atom is 0.228 e. The number of hydrogen-bond acceptors (Lipinski definition) is 2. The molecule has 1 atom stereocenters. The third-order valence-corrected chi connectivity index (χ3v) is 3.62. The van der Waals surface area contributed by atoms with E-state index in [1.54, 1.807) is 4.90 Å². The zero-order chi connectivity index (χ0) is 11.9. The average molecular weight is 352 g/mol. The second-order valence-corrected chi connectivity index (χ2v) is 5.40. The summed E-state index contributed by atoms with van der Waals surface area (Å²) in [5.41, 5.74) is 6.35. The van der Waals surface area contributed by atoms with Crippen molar-refractivity contribution in [2.24, 2.45) is 5.73 Å². The molecule has 1 saturated heterocycles. The number of halogens is 3.